The van der Waals surface area contributed by atoms with Crippen molar-refractivity contribution < 1.29 is 0 Å². The zero-order valence-electron chi connectivity index (χ0n) is 5.41. The van der Waals surface area contributed by atoms with Crippen LogP contribution in [0.25, 0.3) is 0 Å². The summed E-state index contributed by atoms with van der Waals surface area (Å²) in [7, 11) is 0. The fourth-order valence-electron chi connectivity index (χ4n) is 0.646. The molecule has 0 N–H and O–H groups in total. The summed E-state index contributed by atoms with van der Waals surface area (Å²) in [6.07, 6.45) is 5.26. The minimum absolute atomic E-state index is 0.972. The average Bonchev–Trinajstić information content (AvgIpc) is 1.91. The van der Waals surface area contributed by atoms with Gasteiger partial charge < -0.3 is 0 Å². The summed E-state index contributed by atoms with van der Waals surface area (Å²) >= 11 is 0. The molecule has 0 spiro atoms. The van der Waals surface area contributed by atoms with Gasteiger partial charge in [0.25, 0.3) is 0 Å². The molecule has 1 heterocycles. The molecule has 9 heavy (non-hydrogen) atoms. The maximum atomic E-state index is 3.86. The van der Waals surface area contributed by atoms with E-state index in [-0.39, 0.29) is 0 Å². The second kappa shape index (κ2) is 3.12. The van der Waals surface area contributed by atoms with Gasteiger partial charge in [-0.1, -0.05) is 13.3 Å². The molecule has 0 unspecified atom stereocenters. The number of rotatable bonds is 2. The molecule has 0 saturated heterocycles. The molecule has 1 rings (SSSR count). The highest BCUT2D eigenvalue weighted by Gasteiger charge is 1.88. The standard InChI is InChI=1S/C6H9N3/c1-2-3-6-4-7-5-8-9-6/h4-5H,2-3H2,1H3. The predicted molar refractivity (Wildman–Crippen MR) is 33.8 cm³/mol. The third-order valence-corrected chi connectivity index (χ3v) is 1.03. The van der Waals surface area contributed by atoms with Crippen molar-refractivity contribution in [2.75, 3.05) is 0 Å². The molecule has 1 aromatic rings. The number of hydrogen-bond donors (Lipinski definition) is 0. The topological polar surface area (TPSA) is 38.7 Å². The smallest absolute Gasteiger partial charge is 0.138 e. The second-order valence-electron chi connectivity index (χ2n) is 1.85. The van der Waals surface area contributed by atoms with Crippen LogP contribution in [0.3, 0.4) is 0 Å². The van der Waals surface area contributed by atoms with Gasteiger partial charge in [0.2, 0.25) is 0 Å². The van der Waals surface area contributed by atoms with E-state index < -0.39 is 0 Å². The van der Waals surface area contributed by atoms with E-state index in [1.165, 1.54) is 6.33 Å². The maximum Gasteiger partial charge on any atom is 0.138 e. The Morgan fingerprint density at radius 2 is 2.44 bits per heavy atom. The largest absolute Gasteiger partial charge is 0.241 e. The van der Waals surface area contributed by atoms with Crippen molar-refractivity contribution in [1.82, 2.24) is 15.2 Å². The van der Waals surface area contributed by atoms with Crippen LogP contribution in [0.5, 0.6) is 0 Å². The third kappa shape index (κ3) is 1.76. The molecule has 0 aliphatic heterocycles. The normalized spacial score (nSPS) is 9.44. The first-order chi connectivity index (χ1) is 4.43. The Balaban J connectivity index is 2.61. The van der Waals surface area contributed by atoms with Crippen molar-refractivity contribution in [3.8, 4) is 0 Å². The Kier molecular flexibility index (Phi) is 2.13. The van der Waals surface area contributed by atoms with E-state index >= 15 is 0 Å². The van der Waals surface area contributed by atoms with Crippen molar-refractivity contribution in [1.29, 1.82) is 0 Å². The summed E-state index contributed by atoms with van der Waals surface area (Å²) in [6, 6.07) is 0. The van der Waals surface area contributed by atoms with Gasteiger partial charge in [0.15, 0.2) is 0 Å². The summed E-state index contributed by atoms with van der Waals surface area (Å²) < 4.78 is 0. The van der Waals surface area contributed by atoms with Crippen molar-refractivity contribution in [3.63, 3.8) is 0 Å². The van der Waals surface area contributed by atoms with Gasteiger partial charge in [-0.05, 0) is 6.42 Å². The lowest BCUT2D eigenvalue weighted by molar-refractivity contribution is 0.815. The van der Waals surface area contributed by atoms with E-state index in [0.717, 1.165) is 18.5 Å². The van der Waals surface area contributed by atoms with Crippen LogP contribution < -0.4 is 0 Å². The molecule has 0 fully saturated rings. The van der Waals surface area contributed by atoms with Gasteiger partial charge in [0.1, 0.15) is 6.33 Å². The van der Waals surface area contributed by atoms with E-state index in [1.54, 1.807) is 6.20 Å². The molecule has 3 nitrogen and oxygen atoms in total. The van der Waals surface area contributed by atoms with E-state index in [0.29, 0.717) is 0 Å². The van der Waals surface area contributed by atoms with Gasteiger partial charge in [-0.3, -0.25) is 0 Å². The van der Waals surface area contributed by atoms with Gasteiger partial charge in [-0.15, -0.1) is 5.10 Å². The average molecular weight is 123 g/mol. The van der Waals surface area contributed by atoms with Crippen molar-refractivity contribution in [3.05, 3.63) is 18.2 Å². The van der Waals surface area contributed by atoms with Crippen LogP contribution in [0.1, 0.15) is 19.0 Å². The Morgan fingerprint density at radius 1 is 1.56 bits per heavy atom. The van der Waals surface area contributed by atoms with E-state index in [9.17, 15) is 0 Å². The lowest BCUT2D eigenvalue weighted by Crippen LogP contribution is -1.91. The molecule has 48 valence electrons. The first-order valence-electron chi connectivity index (χ1n) is 3.05. The predicted octanol–water partition coefficient (Wildman–Crippen LogP) is 0.824. The van der Waals surface area contributed by atoms with Crippen LogP contribution in [0, 0.1) is 0 Å². The molecule has 0 aromatic carbocycles. The second-order valence-corrected chi connectivity index (χ2v) is 1.85. The molecule has 0 aliphatic rings. The van der Waals surface area contributed by atoms with Gasteiger partial charge >= 0.3 is 0 Å². The van der Waals surface area contributed by atoms with E-state index in [2.05, 4.69) is 22.1 Å². The molecule has 3 heteroatoms. The first kappa shape index (κ1) is 6.13. The van der Waals surface area contributed by atoms with E-state index in [4.69, 9.17) is 0 Å². The SMILES string of the molecule is CCCc1cncnn1. The van der Waals surface area contributed by atoms with Crippen LogP contribution in [-0.2, 0) is 6.42 Å². The summed E-state index contributed by atoms with van der Waals surface area (Å²) in [6.45, 7) is 2.11. The molecule has 0 atom stereocenters. The number of aromatic nitrogens is 3. The first-order valence-corrected chi connectivity index (χ1v) is 3.05. The molecular formula is C6H9N3. The quantitative estimate of drug-likeness (QED) is 0.584. The summed E-state index contributed by atoms with van der Waals surface area (Å²) in [5, 5.41) is 7.50. The molecule has 0 amide bonds. The zero-order chi connectivity index (χ0) is 6.53. The Hall–Kier alpha value is -0.990. The monoisotopic (exact) mass is 123 g/mol. The summed E-state index contributed by atoms with van der Waals surface area (Å²) in [4.78, 5) is 3.83. The number of nitrogens with zero attached hydrogens (tertiary/aromatic N) is 3. The number of aryl methyl sites for hydroxylation is 1. The van der Waals surface area contributed by atoms with Gasteiger partial charge in [0, 0.05) is 0 Å². The van der Waals surface area contributed by atoms with Gasteiger partial charge in [0.05, 0.1) is 11.9 Å². The maximum absolute atomic E-state index is 3.86. The van der Waals surface area contributed by atoms with Crippen LogP contribution in [0.15, 0.2) is 12.5 Å². The molecule has 1 aromatic heterocycles. The van der Waals surface area contributed by atoms with Gasteiger partial charge in [-0.2, -0.15) is 5.10 Å². The van der Waals surface area contributed by atoms with Crippen LogP contribution >= 0.6 is 0 Å². The molecular weight excluding hydrogens is 114 g/mol. The highest BCUT2D eigenvalue weighted by molar-refractivity contribution is 4.89. The fourth-order valence-corrected chi connectivity index (χ4v) is 0.646. The van der Waals surface area contributed by atoms with Crippen LogP contribution in [0.2, 0.25) is 0 Å². The van der Waals surface area contributed by atoms with Crippen molar-refractivity contribution >= 4 is 0 Å². The summed E-state index contributed by atoms with van der Waals surface area (Å²) in [5.74, 6) is 0. The summed E-state index contributed by atoms with van der Waals surface area (Å²) in [5.41, 5.74) is 0.972. The Morgan fingerprint density at radius 3 is 3.00 bits per heavy atom. The van der Waals surface area contributed by atoms with Crippen LogP contribution in [-0.4, -0.2) is 15.2 Å². The molecule has 0 bridgehead atoms. The third-order valence-electron chi connectivity index (χ3n) is 1.03. The van der Waals surface area contributed by atoms with Crippen molar-refractivity contribution in [2.45, 2.75) is 19.8 Å². The lowest BCUT2D eigenvalue weighted by Gasteiger charge is -1.90. The fraction of sp³-hybridized carbons (Fsp3) is 0.500. The highest BCUT2D eigenvalue weighted by Crippen LogP contribution is 1.91. The molecule has 0 radical (unpaired) electrons. The highest BCUT2D eigenvalue weighted by atomic mass is 15.1. The van der Waals surface area contributed by atoms with Crippen LogP contribution in [0.4, 0.5) is 0 Å². The van der Waals surface area contributed by atoms with Gasteiger partial charge in [-0.25, -0.2) is 4.98 Å². The molecule has 0 aliphatic carbocycles. The Bertz CT molecular complexity index is 161. The molecule has 0 saturated carbocycles. The minimum Gasteiger partial charge on any atom is -0.241 e. The van der Waals surface area contributed by atoms with E-state index in [1.807, 2.05) is 0 Å². The zero-order valence-corrected chi connectivity index (χ0v) is 5.41. The minimum atomic E-state index is 0.972. The Labute approximate surface area is 54.2 Å². The number of hydrogen-bond acceptors (Lipinski definition) is 3. The van der Waals surface area contributed by atoms with Crippen molar-refractivity contribution in [2.24, 2.45) is 0 Å². The lowest BCUT2D eigenvalue weighted by atomic mass is 10.3.